The monoisotopic (exact) mass is 283 g/mol. The number of likely N-dealkylation sites (N-methyl/N-ethyl adjacent to an activating group) is 1. The van der Waals surface area contributed by atoms with E-state index in [1.54, 1.807) is 12.1 Å². The SMILES string of the molecule is COc1cc(C(=O)NCC[NH+](C)C)cc(OC)c1OC. The maximum atomic E-state index is 12.1. The fourth-order valence-electron chi connectivity index (χ4n) is 1.74. The largest absolute Gasteiger partial charge is 0.493 e. The van der Waals surface area contributed by atoms with Crippen LogP contribution in [0, 0.1) is 0 Å². The highest BCUT2D eigenvalue weighted by Gasteiger charge is 2.16. The summed E-state index contributed by atoms with van der Waals surface area (Å²) in [5.41, 5.74) is 0.480. The van der Waals surface area contributed by atoms with E-state index in [0.29, 0.717) is 29.4 Å². The Hall–Kier alpha value is -1.95. The van der Waals surface area contributed by atoms with E-state index >= 15 is 0 Å². The molecule has 0 spiro atoms. The average molecular weight is 283 g/mol. The lowest BCUT2D eigenvalue weighted by molar-refractivity contribution is -0.856. The van der Waals surface area contributed by atoms with E-state index in [4.69, 9.17) is 14.2 Å². The number of rotatable bonds is 7. The third-order valence-electron chi connectivity index (χ3n) is 2.84. The number of carbonyl (C=O) groups is 1. The maximum absolute atomic E-state index is 12.1. The minimum atomic E-state index is -0.162. The number of ether oxygens (including phenoxy) is 3. The Labute approximate surface area is 119 Å². The van der Waals surface area contributed by atoms with E-state index in [2.05, 4.69) is 5.32 Å². The second-order valence-corrected chi connectivity index (χ2v) is 4.63. The number of hydrogen-bond acceptors (Lipinski definition) is 4. The molecule has 0 aliphatic heterocycles. The van der Waals surface area contributed by atoms with E-state index in [1.165, 1.54) is 26.2 Å². The predicted octanol–water partition coefficient (Wildman–Crippen LogP) is -0.413. The summed E-state index contributed by atoms with van der Waals surface area (Å²) in [6, 6.07) is 3.28. The van der Waals surface area contributed by atoms with Gasteiger partial charge in [0.1, 0.15) is 0 Å². The first-order valence-corrected chi connectivity index (χ1v) is 6.40. The molecule has 0 aliphatic carbocycles. The molecule has 0 saturated carbocycles. The van der Waals surface area contributed by atoms with Crippen molar-refractivity contribution in [1.29, 1.82) is 0 Å². The lowest BCUT2D eigenvalue weighted by Gasteiger charge is -2.14. The Balaban J connectivity index is 2.92. The van der Waals surface area contributed by atoms with Gasteiger partial charge in [0, 0.05) is 5.56 Å². The molecule has 0 radical (unpaired) electrons. The Morgan fingerprint density at radius 2 is 1.65 bits per heavy atom. The van der Waals surface area contributed by atoms with Gasteiger partial charge in [-0.1, -0.05) is 0 Å². The fraction of sp³-hybridized carbons (Fsp3) is 0.500. The predicted molar refractivity (Wildman–Crippen MR) is 76.1 cm³/mol. The van der Waals surface area contributed by atoms with Crippen LogP contribution in [0.5, 0.6) is 17.2 Å². The van der Waals surface area contributed by atoms with Crippen molar-refractivity contribution in [2.24, 2.45) is 0 Å². The summed E-state index contributed by atoms with van der Waals surface area (Å²) in [5.74, 6) is 1.25. The lowest BCUT2D eigenvalue weighted by atomic mass is 10.1. The smallest absolute Gasteiger partial charge is 0.251 e. The first-order chi connectivity index (χ1) is 9.53. The Kier molecular flexibility index (Phi) is 6.11. The van der Waals surface area contributed by atoms with Crippen LogP contribution in [0.3, 0.4) is 0 Å². The summed E-state index contributed by atoms with van der Waals surface area (Å²) in [5, 5.41) is 2.86. The molecular weight excluding hydrogens is 260 g/mol. The molecule has 0 saturated heterocycles. The van der Waals surface area contributed by atoms with Crippen LogP contribution in [0.1, 0.15) is 10.4 Å². The van der Waals surface area contributed by atoms with Crippen molar-refractivity contribution in [3.63, 3.8) is 0 Å². The molecule has 0 aromatic heterocycles. The maximum Gasteiger partial charge on any atom is 0.251 e. The molecule has 1 amide bonds. The van der Waals surface area contributed by atoms with Crippen molar-refractivity contribution >= 4 is 5.91 Å². The number of nitrogens with one attached hydrogen (secondary N) is 2. The zero-order valence-electron chi connectivity index (χ0n) is 12.7. The number of benzene rings is 1. The van der Waals surface area contributed by atoms with Crippen LogP contribution in [-0.4, -0.2) is 54.4 Å². The van der Waals surface area contributed by atoms with Crippen LogP contribution in [0.15, 0.2) is 12.1 Å². The van der Waals surface area contributed by atoms with Crippen molar-refractivity contribution in [2.45, 2.75) is 0 Å². The third-order valence-corrected chi connectivity index (χ3v) is 2.84. The van der Waals surface area contributed by atoms with E-state index in [0.717, 1.165) is 6.54 Å². The summed E-state index contributed by atoms with van der Waals surface area (Å²) in [6.07, 6.45) is 0. The van der Waals surface area contributed by atoms with E-state index in [-0.39, 0.29) is 5.91 Å². The number of methoxy groups -OCH3 is 3. The number of hydrogen-bond donors (Lipinski definition) is 2. The van der Waals surface area contributed by atoms with Gasteiger partial charge in [0.2, 0.25) is 5.75 Å². The van der Waals surface area contributed by atoms with Gasteiger partial charge < -0.3 is 24.4 Å². The molecular formula is C14H23N2O4+. The first-order valence-electron chi connectivity index (χ1n) is 6.40. The second kappa shape index (κ2) is 7.59. The molecule has 1 aromatic rings. The summed E-state index contributed by atoms with van der Waals surface area (Å²) in [7, 11) is 8.64. The summed E-state index contributed by atoms with van der Waals surface area (Å²) in [6.45, 7) is 1.47. The van der Waals surface area contributed by atoms with Gasteiger partial charge in [-0.15, -0.1) is 0 Å². The zero-order chi connectivity index (χ0) is 15.1. The van der Waals surface area contributed by atoms with Crippen molar-refractivity contribution < 1.29 is 23.9 Å². The Morgan fingerprint density at radius 3 is 2.05 bits per heavy atom. The van der Waals surface area contributed by atoms with Crippen LogP contribution in [-0.2, 0) is 0 Å². The molecule has 6 heteroatoms. The van der Waals surface area contributed by atoms with Crippen molar-refractivity contribution in [3.8, 4) is 17.2 Å². The van der Waals surface area contributed by atoms with Crippen LogP contribution in [0.2, 0.25) is 0 Å². The zero-order valence-corrected chi connectivity index (χ0v) is 12.7. The molecule has 1 rings (SSSR count). The number of carbonyl (C=O) groups excluding carboxylic acids is 1. The highest BCUT2D eigenvalue weighted by Crippen LogP contribution is 2.38. The van der Waals surface area contributed by atoms with Crippen LogP contribution in [0.25, 0.3) is 0 Å². The fourth-order valence-corrected chi connectivity index (χ4v) is 1.74. The van der Waals surface area contributed by atoms with Gasteiger partial charge in [-0.3, -0.25) is 4.79 Å². The molecule has 20 heavy (non-hydrogen) atoms. The molecule has 2 N–H and O–H groups in total. The van der Waals surface area contributed by atoms with Gasteiger partial charge >= 0.3 is 0 Å². The number of amides is 1. The minimum absolute atomic E-state index is 0.162. The minimum Gasteiger partial charge on any atom is -0.493 e. The molecule has 112 valence electrons. The van der Waals surface area contributed by atoms with Gasteiger partial charge in [0.25, 0.3) is 5.91 Å². The first kappa shape index (κ1) is 16.1. The molecule has 0 atom stereocenters. The van der Waals surface area contributed by atoms with Crippen molar-refractivity contribution in [2.75, 3.05) is 48.5 Å². The third kappa shape index (κ3) is 4.03. The average Bonchev–Trinajstić information content (AvgIpc) is 2.44. The summed E-state index contributed by atoms with van der Waals surface area (Å²) >= 11 is 0. The highest BCUT2D eigenvalue weighted by atomic mass is 16.5. The van der Waals surface area contributed by atoms with E-state index in [9.17, 15) is 4.79 Å². The Morgan fingerprint density at radius 1 is 1.10 bits per heavy atom. The highest BCUT2D eigenvalue weighted by molar-refractivity contribution is 5.95. The molecule has 0 heterocycles. The number of quaternary nitrogens is 1. The van der Waals surface area contributed by atoms with Gasteiger partial charge in [-0.2, -0.15) is 0 Å². The molecule has 0 aliphatic rings. The van der Waals surface area contributed by atoms with Crippen molar-refractivity contribution in [3.05, 3.63) is 17.7 Å². The van der Waals surface area contributed by atoms with Crippen LogP contribution in [0.4, 0.5) is 0 Å². The summed E-state index contributed by atoms with van der Waals surface area (Å²) in [4.78, 5) is 13.4. The van der Waals surface area contributed by atoms with Crippen LogP contribution < -0.4 is 24.4 Å². The standard InChI is InChI=1S/C14H22N2O4/c1-16(2)7-6-15-14(17)10-8-11(18-3)13(20-5)12(9-10)19-4/h8-9H,6-7H2,1-5H3,(H,15,17)/p+1. The topological polar surface area (TPSA) is 61.2 Å². The molecule has 1 aromatic carbocycles. The van der Waals surface area contributed by atoms with E-state index < -0.39 is 0 Å². The normalized spacial score (nSPS) is 10.3. The summed E-state index contributed by atoms with van der Waals surface area (Å²) < 4.78 is 15.7. The molecule has 0 bridgehead atoms. The van der Waals surface area contributed by atoms with Gasteiger partial charge in [-0.05, 0) is 12.1 Å². The Bertz CT molecular complexity index is 435. The molecule has 0 fully saturated rings. The van der Waals surface area contributed by atoms with Crippen molar-refractivity contribution in [1.82, 2.24) is 5.32 Å². The van der Waals surface area contributed by atoms with Gasteiger partial charge in [0.05, 0.1) is 48.5 Å². The van der Waals surface area contributed by atoms with Gasteiger partial charge in [-0.25, -0.2) is 0 Å². The molecule has 0 unspecified atom stereocenters. The van der Waals surface area contributed by atoms with E-state index in [1.807, 2.05) is 14.1 Å². The lowest BCUT2D eigenvalue weighted by Crippen LogP contribution is -3.06. The van der Waals surface area contributed by atoms with Gasteiger partial charge in [0.15, 0.2) is 11.5 Å². The molecule has 6 nitrogen and oxygen atoms in total. The second-order valence-electron chi connectivity index (χ2n) is 4.63. The van der Waals surface area contributed by atoms with Crippen LogP contribution >= 0.6 is 0 Å². The quantitative estimate of drug-likeness (QED) is 0.714.